The maximum Gasteiger partial charge on any atom is 0.347 e. The van der Waals surface area contributed by atoms with Crippen LogP contribution >= 0.6 is 0 Å². The van der Waals surface area contributed by atoms with Gasteiger partial charge in [0.05, 0.1) is 12.2 Å². The zero-order chi connectivity index (χ0) is 26.0. The molecule has 10 nitrogen and oxygen atoms in total. The lowest BCUT2D eigenvalue weighted by molar-refractivity contribution is -0.149. The third-order valence-corrected chi connectivity index (χ3v) is 6.15. The van der Waals surface area contributed by atoms with Crippen LogP contribution in [-0.2, 0) is 19.9 Å². The molecule has 186 valence electrons. The first kappa shape index (κ1) is 24.8. The number of anilines is 1. The molecule has 1 amide bonds. The Morgan fingerprint density at radius 3 is 2.22 bits per heavy atom. The number of hydrogen-bond acceptors (Lipinski definition) is 7. The topological polar surface area (TPSA) is 142 Å². The lowest BCUT2D eigenvalue weighted by Crippen LogP contribution is -2.58. The van der Waals surface area contributed by atoms with Crippen LogP contribution in [0.15, 0.2) is 60.7 Å². The minimum atomic E-state index is -1.63. The van der Waals surface area contributed by atoms with Gasteiger partial charge in [0.2, 0.25) is 12.0 Å². The van der Waals surface area contributed by atoms with Gasteiger partial charge < -0.3 is 14.9 Å². The van der Waals surface area contributed by atoms with Gasteiger partial charge >= 0.3 is 17.9 Å². The molecule has 0 radical (unpaired) electrons. The number of carboxylic acid groups (broad SMARTS) is 2. The zero-order valence-electron chi connectivity index (χ0n) is 20.0. The second-order valence-electron chi connectivity index (χ2n) is 8.59. The minimum absolute atomic E-state index is 0.124. The summed E-state index contributed by atoms with van der Waals surface area (Å²) in [6.07, 6.45) is -1.63. The number of aryl methyl sites for hydroxylation is 2. The molecule has 3 aromatic rings. The Morgan fingerprint density at radius 1 is 1.00 bits per heavy atom. The molecule has 0 saturated carbocycles. The molecule has 1 aromatic heterocycles. The number of hydrogen-bond donors (Lipinski definition) is 3. The van der Waals surface area contributed by atoms with E-state index in [2.05, 4.69) is 15.3 Å². The lowest BCUT2D eigenvalue weighted by Gasteiger charge is -2.39. The number of carboxylic acids is 2. The molecule has 0 saturated heterocycles. The van der Waals surface area contributed by atoms with E-state index >= 15 is 0 Å². The van der Waals surface area contributed by atoms with Gasteiger partial charge in [-0.1, -0.05) is 48.5 Å². The van der Waals surface area contributed by atoms with Gasteiger partial charge in [0, 0.05) is 17.0 Å². The highest BCUT2D eigenvalue weighted by Crippen LogP contribution is 2.42. The fourth-order valence-corrected chi connectivity index (χ4v) is 4.60. The van der Waals surface area contributed by atoms with Crippen LogP contribution in [0.5, 0.6) is 6.01 Å². The number of rotatable bonds is 7. The molecule has 0 fully saturated rings. The van der Waals surface area contributed by atoms with E-state index in [1.54, 1.807) is 74.5 Å². The Hall–Kier alpha value is -4.31. The van der Waals surface area contributed by atoms with E-state index < -0.39 is 35.5 Å². The van der Waals surface area contributed by atoms with Crippen molar-refractivity contribution in [1.29, 1.82) is 0 Å². The minimum Gasteiger partial charge on any atom is -0.480 e. The van der Waals surface area contributed by atoms with Gasteiger partial charge in [-0.25, -0.2) is 19.6 Å². The van der Waals surface area contributed by atoms with Crippen LogP contribution in [0.25, 0.3) is 0 Å². The number of nitrogens with one attached hydrogen (secondary N) is 1. The van der Waals surface area contributed by atoms with Crippen molar-refractivity contribution in [3.05, 3.63) is 83.2 Å². The lowest BCUT2D eigenvalue weighted by atomic mass is 9.77. The van der Waals surface area contributed by atoms with Gasteiger partial charge in [0.25, 0.3) is 0 Å². The molecule has 1 unspecified atom stereocenters. The maximum absolute atomic E-state index is 13.3. The summed E-state index contributed by atoms with van der Waals surface area (Å²) in [4.78, 5) is 47.7. The number of benzene rings is 2. The largest absolute Gasteiger partial charge is 0.480 e. The number of aliphatic carboxylic acids is 2. The van der Waals surface area contributed by atoms with Gasteiger partial charge in [-0.2, -0.15) is 0 Å². The average molecular weight is 491 g/mol. The highest BCUT2D eigenvalue weighted by molar-refractivity contribution is 6.02. The summed E-state index contributed by atoms with van der Waals surface area (Å²) in [5.74, 6) is -3.04. The first-order chi connectivity index (χ1) is 17.1. The molecule has 1 aliphatic rings. The summed E-state index contributed by atoms with van der Waals surface area (Å²) in [6, 6.07) is 15.8. The van der Waals surface area contributed by atoms with Gasteiger partial charge in [0.15, 0.2) is 0 Å². The second kappa shape index (κ2) is 9.74. The fraction of sp³-hybridized carbons (Fsp3) is 0.269. The van der Waals surface area contributed by atoms with Crippen molar-refractivity contribution in [2.75, 3.05) is 11.4 Å². The second-order valence-corrected chi connectivity index (χ2v) is 8.59. The van der Waals surface area contributed by atoms with Crippen LogP contribution in [0.3, 0.4) is 0 Å². The predicted molar refractivity (Wildman–Crippen MR) is 130 cm³/mol. The molecule has 3 N–H and O–H groups in total. The summed E-state index contributed by atoms with van der Waals surface area (Å²) in [5.41, 5.74) is 0.733. The Morgan fingerprint density at radius 2 is 1.61 bits per heavy atom. The average Bonchev–Trinajstić information content (AvgIpc) is 2.96. The van der Waals surface area contributed by atoms with Gasteiger partial charge in [-0.05, 0) is 38.5 Å². The first-order valence-corrected chi connectivity index (χ1v) is 11.3. The number of aromatic nitrogens is 2. The Kier molecular flexibility index (Phi) is 6.71. The molecule has 36 heavy (non-hydrogen) atoms. The molecule has 2 aromatic carbocycles. The van der Waals surface area contributed by atoms with E-state index in [9.17, 15) is 24.6 Å². The van der Waals surface area contributed by atoms with E-state index in [4.69, 9.17) is 4.74 Å². The predicted octanol–water partition coefficient (Wildman–Crippen LogP) is 2.28. The summed E-state index contributed by atoms with van der Waals surface area (Å²) in [5, 5.41) is 23.3. The van der Waals surface area contributed by atoms with E-state index in [0.717, 1.165) is 0 Å². The Labute approximate surface area is 207 Å². The molecule has 2 heterocycles. The van der Waals surface area contributed by atoms with Crippen molar-refractivity contribution in [3.8, 4) is 6.01 Å². The summed E-state index contributed by atoms with van der Waals surface area (Å²) < 4.78 is 6.00. The number of para-hydroxylation sites is 1. The normalized spacial score (nSPS) is 19.1. The molecular formula is C26H26N4O6. The molecule has 1 aliphatic heterocycles. The van der Waals surface area contributed by atoms with Crippen molar-refractivity contribution < 1.29 is 29.3 Å². The number of fused-ring (bicyclic) bond motifs is 1. The van der Waals surface area contributed by atoms with Crippen LogP contribution in [0.2, 0.25) is 0 Å². The van der Waals surface area contributed by atoms with E-state index in [0.29, 0.717) is 22.5 Å². The van der Waals surface area contributed by atoms with E-state index in [1.807, 2.05) is 0 Å². The zero-order valence-corrected chi connectivity index (χ0v) is 20.0. The highest BCUT2D eigenvalue weighted by atomic mass is 16.5. The van der Waals surface area contributed by atoms with Gasteiger partial charge in [-0.3, -0.25) is 15.0 Å². The standard InChI is InChI=1S/C26H26N4O6/c1-15-13-16(2)29-25(28-15)36-22(24(34)35)26(18-9-5-4-6-10-18)19-11-7-8-12-20(19)30(17(3)23(32)33)21(31)14-27-26/h4-13,17,22,27H,14H2,1-3H3,(H,32,33)(H,34,35)/t17?,22-,26+/m1/s1. The highest BCUT2D eigenvalue weighted by Gasteiger charge is 2.52. The maximum atomic E-state index is 13.3. The Bertz CT molecular complexity index is 1290. The molecule has 0 bridgehead atoms. The number of ether oxygens (including phenoxy) is 1. The molecule has 4 rings (SSSR count). The van der Waals surface area contributed by atoms with E-state index in [-0.39, 0.29) is 18.2 Å². The summed E-state index contributed by atoms with van der Waals surface area (Å²) in [7, 11) is 0. The van der Waals surface area contributed by atoms with Crippen molar-refractivity contribution in [2.45, 2.75) is 38.5 Å². The van der Waals surface area contributed by atoms with E-state index in [1.165, 1.54) is 11.8 Å². The third-order valence-electron chi connectivity index (χ3n) is 6.15. The number of nitrogens with zero attached hydrogens (tertiary/aromatic N) is 3. The van der Waals surface area contributed by atoms with Crippen LogP contribution in [0.1, 0.15) is 29.4 Å². The first-order valence-electron chi connectivity index (χ1n) is 11.3. The van der Waals surface area contributed by atoms with Gasteiger partial charge in [0.1, 0.15) is 11.6 Å². The fourth-order valence-electron chi connectivity index (χ4n) is 4.60. The van der Waals surface area contributed by atoms with Crippen LogP contribution in [-0.4, -0.2) is 56.7 Å². The molecule has 3 atom stereocenters. The molecule has 0 aliphatic carbocycles. The van der Waals surface area contributed by atoms with Crippen LogP contribution < -0.4 is 15.0 Å². The van der Waals surface area contributed by atoms with Gasteiger partial charge in [-0.15, -0.1) is 0 Å². The van der Waals surface area contributed by atoms with Crippen molar-refractivity contribution in [1.82, 2.24) is 15.3 Å². The molecule has 0 spiro atoms. The van der Waals surface area contributed by atoms with Crippen LogP contribution in [0, 0.1) is 13.8 Å². The van der Waals surface area contributed by atoms with Crippen molar-refractivity contribution in [3.63, 3.8) is 0 Å². The Balaban J connectivity index is 2.01. The monoisotopic (exact) mass is 490 g/mol. The van der Waals surface area contributed by atoms with Crippen molar-refractivity contribution >= 4 is 23.5 Å². The smallest absolute Gasteiger partial charge is 0.347 e. The SMILES string of the molecule is Cc1cc(C)nc(O[C@H](C(=O)O)[C@@]2(c3ccccc3)NCC(=O)N(C(C)C(=O)O)c3ccccc32)n1. The van der Waals surface area contributed by atoms with Crippen LogP contribution in [0.4, 0.5) is 5.69 Å². The van der Waals surface area contributed by atoms with Crippen molar-refractivity contribution in [2.24, 2.45) is 0 Å². The quantitative estimate of drug-likeness (QED) is 0.455. The summed E-state index contributed by atoms with van der Waals surface area (Å²) >= 11 is 0. The number of carbonyl (C=O) groups excluding carboxylic acids is 1. The number of carbonyl (C=O) groups is 3. The summed E-state index contributed by atoms with van der Waals surface area (Å²) in [6.45, 7) is 4.55. The number of amides is 1. The third kappa shape index (κ3) is 4.38. The molecule has 10 heteroatoms. The molecular weight excluding hydrogens is 464 g/mol.